The van der Waals surface area contributed by atoms with Crippen molar-refractivity contribution in [1.29, 1.82) is 0 Å². The lowest BCUT2D eigenvalue weighted by molar-refractivity contribution is 0.0755. The molecule has 0 aliphatic carbocycles. The van der Waals surface area contributed by atoms with Crippen LogP contribution in [-0.2, 0) is 6.54 Å². The molecule has 0 unspecified atom stereocenters. The molecular formula is C21H22N4O2. The van der Waals surface area contributed by atoms with Crippen molar-refractivity contribution >= 4 is 16.8 Å². The van der Waals surface area contributed by atoms with Crippen molar-refractivity contribution in [3.8, 4) is 5.75 Å². The maximum atomic E-state index is 12.9. The lowest BCUT2D eigenvalue weighted by atomic mass is 10.2. The number of aromatic nitrogens is 2. The van der Waals surface area contributed by atoms with Crippen LogP contribution in [0.5, 0.6) is 5.75 Å². The van der Waals surface area contributed by atoms with E-state index in [1.165, 1.54) is 0 Å². The topological polar surface area (TPSA) is 69.6 Å². The Bertz CT molecular complexity index is 945. The smallest absolute Gasteiger partial charge is 0.272 e. The Morgan fingerprint density at radius 1 is 1.00 bits per heavy atom. The Morgan fingerprint density at radius 3 is 2.78 bits per heavy atom. The maximum absolute atomic E-state index is 12.9. The van der Waals surface area contributed by atoms with E-state index in [1.54, 1.807) is 18.2 Å². The average Bonchev–Trinajstić information content (AvgIpc) is 2.94. The number of rotatable bonds is 3. The molecule has 2 aromatic heterocycles. The third-order valence-electron chi connectivity index (χ3n) is 4.91. The summed E-state index contributed by atoms with van der Waals surface area (Å²) in [5.41, 5.74) is 1.89. The van der Waals surface area contributed by atoms with Crippen LogP contribution in [0.3, 0.4) is 0 Å². The van der Waals surface area contributed by atoms with Gasteiger partial charge < -0.3 is 10.0 Å². The normalized spacial score (nSPS) is 15.6. The first kappa shape index (κ1) is 17.4. The minimum absolute atomic E-state index is 0.0835. The minimum Gasteiger partial charge on any atom is -0.506 e. The number of carbonyl (C=O) groups excluding carboxylic acids is 1. The fraction of sp³-hybridized carbons (Fsp3) is 0.286. The van der Waals surface area contributed by atoms with Crippen LogP contribution in [0.15, 0.2) is 54.7 Å². The van der Waals surface area contributed by atoms with Gasteiger partial charge >= 0.3 is 0 Å². The predicted octanol–water partition coefficient (Wildman–Crippen LogP) is 2.68. The van der Waals surface area contributed by atoms with E-state index in [9.17, 15) is 9.90 Å². The van der Waals surface area contributed by atoms with Gasteiger partial charge in [-0.3, -0.25) is 14.7 Å². The first-order valence-corrected chi connectivity index (χ1v) is 9.21. The number of fused-ring (bicyclic) bond motifs is 1. The third kappa shape index (κ3) is 3.90. The van der Waals surface area contributed by atoms with E-state index in [0.717, 1.165) is 37.1 Å². The monoisotopic (exact) mass is 362 g/mol. The minimum atomic E-state index is -0.0835. The fourth-order valence-electron chi connectivity index (χ4n) is 3.47. The molecule has 0 saturated carbocycles. The lowest BCUT2D eigenvalue weighted by Crippen LogP contribution is -2.35. The van der Waals surface area contributed by atoms with Gasteiger partial charge in [-0.15, -0.1) is 0 Å². The van der Waals surface area contributed by atoms with E-state index >= 15 is 0 Å². The number of phenolic OH excluding ortho intramolecular Hbond substituents is 1. The summed E-state index contributed by atoms with van der Waals surface area (Å²) in [4.78, 5) is 25.9. The average molecular weight is 362 g/mol. The molecule has 1 aliphatic heterocycles. The second-order valence-electron chi connectivity index (χ2n) is 6.79. The second-order valence-corrected chi connectivity index (χ2v) is 6.79. The van der Waals surface area contributed by atoms with Crippen LogP contribution in [0.25, 0.3) is 10.9 Å². The van der Waals surface area contributed by atoms with Crippen LogP contribution in [0.4, 0.5) is 0 Å². The van der Waals surface area contributed by atoms with Gasteiger partial charge in [-0.1, -0.05) is 24.3 Å². The summed E-state index contributed by atoms with van der Waals surface area (Å²) in [6.07, 6.45) is 2.72. The zero-order valence-corrected chi connectivity index (χ0v) is 15.1. The number of hydrogen-bond acceptors (Lipinski definition) is 5. The Hall–Kier alpha value is -2.99. The summed E-state index contributed by atoms with van der Waals surface area (Å²) in [6, 6.07) is 14.7. The zero-order valence-electron chi connectivity index (χ0n) is 15.1. The fourth-order valence-corrected chi connectivity index (χ4v) is 3.47. The van der Waals surface area contributed by atoms with Gasteiger partial charge in [0, 0.05) is 44.3 Å². The molecule has 27 heavy (non-hydrogen) atoms. The van der Waals surface area contributed by atoms with Crippen LogP contribution in [-0.4, -0.2) is 57.0 Å². The number of amides is 1. The molecule has 0 radical (unpaired) electrons. The number of para-hydroxylation sites is 1. The number of nitrogens with zero attached hydrogens (tertiary/aromatic N) is 4. The van der Waals surface area contributed by atoms with Gasteiger partial charge in [0.25, 0.3) is 5.91 Å². The van der Waals surface area contributed by atoms with Crippen molar-refractivity contribution < 1.29 is 9.90 Å². The molecule has 3 aromatic rings. The zero-order chi connectivity index (χ0) is 18.6. The van der Waals surface area contributed by atoms with Crippen molar-refractivity contribution in [2.24, 2.45) is 0 Å². The van der Waals surface area contributed by atoms with Crippen molar-refractivity contribution in [1.82, 2.24) is 19.8 Å². The van der Waals surface area contributed by atoms with E-state index in [4.69, 9.17) is 0 Å². The molecule has 1 aliphatic rings. The molecule has 0 spiro atoms. The maximum Gasteiger partial charge on any atom is 0.272 e. The molecule has 3 heterocycles. The number of phenols is 1. The molecule has 4 rings (SSSR count). The molecule has 1 aromatic carbocycles. The highest BCUT2D eigenvalue weighted by Gasteiger charge is 2.22. The molecule has 6 nitrogen and oxygen atoms in total. The highest BCUT2D eigenvalue weighted by Crippen LogP contribution is 2.23. The quantitative estimate of drug-likeness (QED) is 0.776. The number of benzene rings is 1. The number of hydrogen-bond donors (Lipinski definition) is 1. The van der Waals surface area contributed by atoms with E-state index in [1.807, 2.05) is 41.4 Å². The molecule has 6 heteroatoms. The molecule has 0 bridgehead atoms. The predicted molar refractivity (Wildman–Crippen MR) is 103 cm³/mol. The molecule has 1 amide bonds. The Kier molecular flexibility index (Phi) is 4.98. The van der Waals surface area contributed by atoms with Crippen LogP contribution in [0.1, 0.15) is 22.6 Å². The standard InChI is InChI=1S/C21H22N4O2/c26-19-7-3-5-16-8-9-18(23-20(16)19)21(27)25-12-4-11-24(13-14-25)15-17-6-1-2-10-22-17/h1-3,5-10,26H,4,11-15H2. The largest absolute Gasteiger partial charge is 0.506 e. The van der Waals surface area contributed by atoms with Crippen LogP contribution >= 0.6 is 0 Å². The van der Waals surface area contributed by atoms with Crippen LogP contribution in [0.2, 0.25) is 0 Å². The van der Waals surface area contributed by atoms with E-state index < -0.39 is 0 Å². The lowest BCUT2D eigenvalue weighted by Gasteiger charge is -2.21. The van der Waals surface area contributed by atoms with Crippen LogP contribution in [0, 0.1) is 0 Å². The SMILES string of the molecule is O=C(c1ccc2cccc(O)c2n1)N1CCCN(Cc2ccccn2)CC1. The van der Waals surface area contributed by atoms with Gasteiger partial charge in [0.15, 0.2) is 0 Å². The summed E-state index contributed by atoms with van der Waals surface area (Å²) in [7, 11) is 0. The molecule has 1 N–H and O–H groups in total. The van der Waals surface area contributed by atoms with Gasteiger partial charge in [0.05, 0.1) is 5.69 Å². The van der Waals surface area contributed by atoms with E-state index in [-0.39, 0.29) is 11.7 Å². The third-order valence-corrected chi connectivity index (χ3v) is 4.91. The highest BCUT2D eigenvalue weighted by atomic mass is 16.3. The van der Waals surface area contributed by atoms with Gasteiger partial charge in [-0.2, -0.15) is 0 Å². The van der Waals surface area contributed by atoms with Crippen LogP contribution < -0.4 is 0 Å². The van der Waals surface area contributed by atoms with Crippen molar-refractivity contribution in [2.45, 2.75) is 13.0 Å². The molecular weight excluding hydrogens is 340 g/mol. The number of carbonyl (C=O) groups is 1. The summed E-state index contributed by atoms with van der Waals surface area (Å²) in [5.74, 6) is 0.0133. The summed E-state index contributed by atoms with van der Waals surface area (Å²) in [6.45, 7) is 3.91. The highest BCUT2D eigenvalue weighted by molar-refractivity contribution is 5.96. The Morgan fingerprint density at radius 2 is 1.93 bits per heavy atom. The van der Waals surface area contributed by atoms with Gasteiger partial charge in [0.2, 0.25) is 0 Å². The Labute approximate surface area is 158 Å². The summed E-state index contributed by atoms with van der Waals surface area (Å²) < 4.78 is 0. The number of aromatic hydroxyl groups is 1. The van der Waals surface area contributed by atoms with E-state index in [0.29, 0.717) is 24.3 Å². The first-order valence-electron chi connectivity index (χ1n) is 9.21. The number of pyridine rings is 2. The molecule has 1 fully saturated rings. The van der Waals surface area contributed by atoms with Crippen molar-refractivity contribution in [3.63, 3.8) is 0 Å². The summed E-state index contributed by atoms with van der Waals surface area (Å²) >= 11 is 0. The van der Waals surface area contributed by atoms with E-state index in [2.05, 4.69) is 14.9 Å². The Balaban J connectivity index is 1.46. The first-order chi connectivity index (χ1) is 13.2. The molecule has 1 saturated heterocycles. The van der Waals surface area contributed by atoms with Crippen molar-refractivity contribution in [3.05, 3.63) is 66.1 Å². The van der Waals surface area contributed by atoms with Crippen molar-refractivity contribution in [2.75, 3.05) is 26.2 Å². The summed E-state index contributed by atoms with van der Waals surface area (Å²) in [5, 5.41) is 10.8. The molecule has 138 valence electrons. The van der Waals surface area contributed by atoms with Gasteiger partial charge in [-0.05, 0) is 30.7 Å². The second kappa shape index (κ2) is 7.72. The van der Waals surface area contributed by atoms with Gasteiger partial charge in [0.1, 0.15) is 17.0 Å². The molecule has 0 atom stereocenters. The van der Waals surface area contributed by atoms with Gasteiger partial charge in [-0.25, -0.2) is 4.98 Å².